The van der Waals surface area contributed by atoms with Crippen molar-refractivity contribution in [1.82, 2.24) is 4.57 Å². The highest BCUT2D eigenvalue weighted by Gasteiger charge is 2.15. The highest BCUT2D eigenvalue weighted by atomic mass is 16.5. The van der Waals surface area contributed by atoms with E-state index in [-0.39, 0.29) is 5.97 Å². The fourth-order valence-electron chi connectivity index (χ4n) is 2.12. The first-order valence-electron chi connectivity index (χ1n) is 6.61. The van der Waals surface area contributed by atoms with Crippen molar-refractivity contribution in [2.24, 2.45) is 0 Å². The SMILES string of the molecule is CCOC(=O)c1c(C)ccn1Cc1ccc(OC)cc1. The van der Waals surface area contributed by atoms with Crippen molar-refractivity contribution in [3.63, 3.8) is 0 Å². The number of carbonyl (C=O) groups is 1. The molecule has 0 unspecified atom stereocenters. The lowest BCUT2D eigenvalue weighted by molar-refractivity contribution is 0.0513. The van der Waals surface area contributed by atoms with Gasteiger partial charge in [-0.1, -0.05) is 12.1 Å². The monoisotopic (exact) mass is 273 g/mol. The summed E-state index contributed by atoms with van der Waals surface area (Å²) in [6.45, 7) is 4.73. The molecule has 0 aliphatic carbocycles. The summed E-state index contributed by atoms with van der Waals surface area (Å²) in [5, 5.41) is 0. The quantitative estimate of drug-likeness (QED) is 0.786. The van der Waals surface area contributed by atoms with Gasteiger partial charge in [-0.25, -0.2) is 4.79 Å². The molecule has 2 aromatic rings. The van der Waals surface area contributed by atoms with Crippen molar-refractivity contribution < 1.29 is 14.3 Å². The van der Waals surface area contributed by atoms with E-state index < -0.39 is 0 Å². The molecule has 2 rings (SSSR count). The first-order chi connectivity index (χ1) is 9.65. The minimum Gasteiger partial charge on any atom is -0.497 e. The third-order valence-electron chi connectivity index (χ3n) is 3.15. The zero-order chi connectivity index (χ0) is 14.5. The lowest BCUT2D eigenvalue weighted by Crippen LogP contribution is -2.13. The van der Waals surface area contributed by atoms with Crippen molar-refractivity contribution >= 4 is 5.97 Å². The summed E-state index contributed by atoms with van der Waals surface area (Å²) in [6, 6.07) is 9.73. The van der Waals surface area contributed by atoms with E-state index in [0.29, 0.717) is 18.8 Å². The Hall–Kier alpha value is -2.23. The lowest BCUT2D eigenvalue weighted by Gasteiger charge is -2.10. The topological polar surface area (TPSA) is 40.5 Å². The summed E-state index contributed by atoms with van der Waals surface area (Å²) in [7, 11) is 1.64. The highest BCUT2D eigenvalue weighted by molar-refractivity contribution is 5.89. The minimum absolute atomic E-state index is 0.275. The van der Waals surface area contributed by atoms with Crippen LogP contribution in [-0.2, 0) is 11.3 Å². The van der Waals surface area contributed by atoms with Crippen molar-refractivity contribution in [3.05, 3.63) is 53.3 Å². The standard InChI is InChI=1S/C16H19NO3/c1-4-20-16(18)15-12(2)9-10-17(15)11-13-5-7-14(19-3)8-6-13/h5-10H,4,11H2,1-3H3. The number of methoxy groups -OCH3 is 1. The molecule has 1 aromatic heterocycles. The van der Waals surface area contributed by atoms with Crippen LogP contribution >= 0.6 is 0 Å². The molecule has 0 fully saturated rings. The molecule has 0 bridgehead atoms. The van der Waals surface area contributed by atoms with Crippen LogP contribution in [0.1, 0.15) is 28.5 Å². The summed E-state index contributed by atoms with van der Waals surface area (Å²) >= 11 is 0. The molecule has 0 spiro atoms. The number of nitrogens with zero attached hydrogens (tertiary/aromatic N) is 1. The molecule has 20 heavy (non-hydrogen) atoms. The van der Waals surface area contributed by atoms with Crippen LogP contribution in [0.5, 0.6) is 5.75 Å². The van der Waals surface area contributed by atoms with Gasteiger partial charge in [-0.3, -0.25) is 0 Å². The van der Waals surface area contributed by atoms with Crippen LogP contribution in [0, 0.1) is 6.92 Å². The number of benzene rings is 1. The highest BCUT2D eigenvalue weighted by Crippen LogP contribution is 2.16. The summed E-state index contributed by atoms with van der Waals surface area (Å²) in [4.78, 5) is 12.0. The Morgan fingerprint density at radius 3 is 2.50 bits per heavy atom. The summed E-state index contributed by atoms with van der Waals surface area (Å²) < 4.78 is 12.2. The van der Waals surface area contributed by atoms with Gasteiger partial charge in [0.15, 0.2) is 0 Å². The number of aryl methyl sites for hydroxylation is 1. The minimum atomic E-state index is -0.275. The van der Waals surface area contributed by atoms with Crippen molar-refractivity contribution in [1.29, 1.82) is 0 Å². The van der Waals surface area contributed by atoms with Gasteiger partial charge in [0.05, 0.1) is 13.7 Å². The molecule has 106 valence electrons. The normalized spacial score (nSPS) is 10.3. The molecular weight excluding hydrogens is 254 g/mol. The Kier molecular flexibility index (Phi) is 4.45. The molecule has 1 aromatic carbocycles. The number of esters is 1. The third kappa shape index (κ3) is 3.02. The molecule has 4 heteroatoms. The molecule has 0 saturated heterocycles. The van der Waals surface area contributed by atoms with Crippen molar-refractivity contribution in [2.75, 3.05) is 13.7 Å². The van der Waals surface area contributed by atoms with Gasteiger partial charge >= 0.3 is 5.97 Å². The van der Waals surface area contributed by atoms with E-state index in [4.69, 9.17) is 9.47 Å². The molecule has 1 heterocycles. The van der Waals surface area contributed by atoms with Crippen LogP contribution < -0.4 is 4.74 Å². The molecule has 0 atom stereocenters. The molecule has 0 radical (unpaired) electrons. The fourth-order valence-corrected chi connectivity index (χ4v) is 2.12. The number of carbonyl (C=O) groups excluding carboxylic acids is 1. The summed E-state index contributed by atoms with van der Waals surface area (Å²) in [5.74, 6) is 0.548. The Bertz CT molecular complexity index is 584. The van der Waals surface area contributed by atoms with Crippen LogP contribution in [0.3, 0.4) is 0 Å². The average Bonchev–Trinajstić information content (AvgIpc) is 2.81. The molecule has 0 aliphatic rings. The Balaban J connectivity index is 2.22. The molecule has 0 N–H and O–H groups in total. The van der Waals surface area contributed by atoms with E-state index in [0.717, 1.165) is 16.9 Å². The predicted octanol–water partition coefficient (Wildman–Crippen LogP) is 3.03. The van der Waals surface area contributed by atoms with Gasteiger partial charge < -0.3 is 14.0 Å². The number of rotatable bonds is 5. The number of aromatic nitrogens is 1. The smallest absolute Gasteiger partial charge is 0.355 e. The van der Waals surface area contributed by atoms with Gasteiger partial charge in [-0.05, 0) is 43.2 Å². The van der Waals surface area contributed by atoms with Crippen LogP contribution in [0.4, 0.5) is 0 Å². The van der Waals surface area contributed by atoms with Gasteiger partial charge in [0.2, 0.25) is 0 Å². The second-order valence-electron chi connectivity index (χ2n) is 4.54. The van der Waals surface area contributed by atoms with Crippen LogP contribution in [0.2, 0.25) is 0 Å². The first-order valence-corrected chi connectivity index (χ1v) is 6.61. The Morgan fingerprint density at radius 1 is 1.20 bits per heavy atom. The van der Waals surface area contributed by atoms with Crippen LogP contribution in [0.25, 0.3) is 0 Å². The van der Waals surface area contributed by atoms with E-state index in [2.05, 4.69) is 0 Å². The van der Waals surface area contributed by atoms with E-state index >= 15 is 0 Å². The van der Waals surface area contributed by atoms with Gasteiger partial charge in [-0.15, -0.1) is 0 Å². The number of ether oxygens (including phenoxy) is 2. The molecule has 0 amide bonds. The van der Waals surface area contributed by atoms with E-state index in [1.54, 1.807) is 7.11 Å². The van der Waals surface area contributed by atoms with Crippen LogP contribution in [0.15, 0.2) is 36.5 Å². The summed E-state index contributed by atoms with van der Waals surface area (Å²) in [6.07, 6.45) is 1.91. The summed E-state index contributed by atoms with van der Waals surface area (Å²) in [5.41, 5.74) is 2.64. The maximum atomic E-state index is 12.0. The Morgan fingerprint density at radius 2 is 1.90 bits per heavy atom. The molecule has 4 nitrogen and oxygen atoms in total. The number of hydrogen-bond donors (Lipinski definition) is 0. The third-order valence-corrected chi connectivity index (χ3v) is 3.15. The van der Waals surface area contributed by atoms with Crippen molar-refractivity contribution in [2.45, 2.75) is 20.4 Å². The molecule has 0 saturated carbocycles. The lowest BCUT2D eigenvalue weighted by atomic mass is 10.2. The average molecular weight is 273 g/mol. The zero-order valence-corrected chi connectivity index (χ0v) is 12.1. The van der Waals surface area contributed by atoms with E-state index in [1.165, 1.54) is 0 Å². The predicted molar refractivity (Wildman–Crippen MR) is 77.2 cm³/mol. The van der Waals surface area contributed by atoms with E-state index in [9.17, 15) is 4.79 Å². The largest absolute Gasteiger partial charge is 0.497 e. The number of hydrogen-bond acceptors (Lipinski definition) is 3. The maximum Gasteiger partial charge on any atom is 0.355 e. The van der Waals surface area contributed by atoms with Crippen molar-refractivity contribution in [3.8, 4) is 5.75 Å². The second-order valence-corrected chi connectivity index (χ2v) is 4.54. The van der Waals surface area contributed by atoms with Gasteiger partial charge in [0, 0.05) is 12.7 Å². The van der Waals surface area contributed by atoms with Crippen LogP contribution in [-0.4, -0.2) is 24.3 Å². The van der Waals surface area contributed by atoms with Gasteiger partial charge in [-0.2, -0.15) is 0 Å². The van der Waals surface area contributed by atoms with Gasteiger partial charge in [0.25, 0.3) is 0 Å². The Labute approximate surface area is 118 Å². The molecular formula is C16H19NO3. The van der Waals surface area contributed by atoms with E-state index in [1.807, 2.05) is 54.9 Å². The first kappa shape index (κ1) is 14.2. The molecule has 0 aliphatic heterocycles. The second kappa shape index (κ2) is 6.28. The maximum absolute atomic E-state index is 12.0. The van der Waals surface area contributed by atoms with Gasteiger partial charge in [0.1, 0.15) is 11.4 Å². The zero-order valence-electron chi connectivity index (χ0n) is 12.1. The fraction of sp³-hybridized carbons (Fsp3) is 0.312.